The van der Waals surface area contributed by atoms with Gasteiger partial charge in [-0.2, -0.15) is 0 Å². The van der Waals surface area contributed by atoms with Crippen LogP contribution < -0.4 is 10.5 Å². The van der Waals surface area contributed by atoms with Crippen molar-refractivity contribution in [3.8, 4) is 5.75 Å². The fraction of sp³-hybridized carbons (Fsp3) is 0.154. The normalized spacial score (nSPS) is 11.3. The first-order valence-corrected chi connectivity index (χ1v) is 5.77. The summed E-state index contributed by atoms with van der Waals surface area (Å²) in [5.41, 5.74) is 6.79. The number of hydrogen-bond donors (Lipinski definition) is 2. The lowest BCUT2D eigenvalue weighted by molar-refractivity contribution is 0.312. The van der Waals surface area contributed by atoms with Crippen molar-refractivity contribution in [1.82, 2.24) is 9.97 Å². The van der Waals surface area contributed by atoms with E-state index in [9.17, 15) is 0 Å². The highest BCUT2D eigenvalue weighted by Gasteiger charge is 2.09. The molecule has 0 aliphatic carbocycles. The lowest BCUT2D eigenvalue weighted by Gasteiger charge is -2.09. The molecule has 3 N–H and O–H groups in total. The van der Waals surface area contributed by atoms with Crippen molar-refractivity contribution >= 4 is 5.84 Å². The lowest BCUT2D eigenvalue weighted by atomic mass is 10.3. The molecule has 2 rings (SSSR count). The number of hydrogen-bond acceptors (Lipinski definition) is 5. The van der Waals surface area contributed by atoms with Crippen LogP contribution in [0.3, 0.4) is 0 Å². The molecule has 0 spiro atoms. The Kier molecular flexibility index (Phi) is 4.28. The Hall–Kier alpha value is -2.63. The highest BCUT2D eigenvalue weighted by atomic mass is 16.5. The van der Waals surface area contributed by atoms with Crippen LogP contribution in [0.1, 0.15) is 11.4 Å². The summed E-state index contributed by atoms with van der Waals surface area (Å²) in [6.07, 6.45) is 3.96. The Balaban J connectivity index is 2.00. The second-order valence-electron chi connectivity index (χ2n) is 3.75. The Morgan fingerprint density at radius 3 is 2.79 bits per heavy atom. The van der Waals surface area contributed by atoms with E-state index < -0.39 is 0 Å². The quantitative estimate of drug-likeness (QED) is 0.363. The highest BCUT2D eigenvalue weighted by molar-refractivity contribution is 5.97. The van der Waals surface area contributed by atoms with Gasteiger partial charge < -0.3 is 15.7 Å². The Bertz CT molecular complexity index is 558. The van der Waals surface area contributed by atoms with E-state index in [1.165, 1.54) is 0 Å². The zero-order chi connectivity index (χ0) is 13.5. The van der Waals surface area contributed by atoms with E-state index >= 15 is 0 Å². The topological polar surface area (TPSA) is 93.6 Å². The number of rotatable bonds is 5. The lowest BCUT2D eigenvalue weighted by Crippen LogP contribution is -2.17. The molecule has 0 aliphatic rings. The van der Waals surface area contributed by atoms with Crippen LogP contribution in [0.15, 0.2) is 47.9 Å². The largest absolute Gasteiger partial charge is 0.491 e. The number of nitrogens with zero attached hydrogens (tertiary/aromatic N) is 3. The van der Waals surface area contributed by atoms with Gasteiger partial charge in [0, 0.05) is 24.5 Å². The minimum atomic E-state index is -0.0755. The van der Waals surface area contributed by atoms with Gasteiger partial charge >= 0.3 is 0 Å². The van der Waals surface area contributed by atoms with Crippen LogP contribution in [0.2, 0.25) is 0 Å². The predicted octanol–water partition coefficient (Wildman–Crippen LogP) is 1.19. The van der Waals surface area contributed by atoms with Crippen LogP contribution >= 0.6 is 0 Å². The molecule has 0 saturated heterocycles. The predicted molar refractivity (Wildman–Crippen MR) is 70.2 cm³/mol. The third kappa shape index (κ3) is 3.41. The molecule has 19 heavy (non-hydrogen) atoms. The molecule has 6 heteroatoms. The second kappa shape index (κ2) is 6.34. The van der Waals surface area contributed by atoms with E-state index in [4.69, 9.17) is 15.7 Å². The van der Waals surface area contributed by atoms with Crippen LogP contribution in [0, 0.1) is 0 Å². The first-order chi connectivity index (χ1) is 9.31. The van der Waals surface area contributed by atoms with Crippen LogP contribution in [0.5, 0.6) is 5.75 Å². The van der Waals surface area contributed by atoms with Gasteiger partial charge in [-0.15, -0.1) is 0 Å². The molecule has 0 radical (unpaired) electrons. The molecule has 0 aromatic carbocycles. The van der Waals surface area contributed by atoms with Crippen molar-refractivity contribution in [2.24, 2.45) is 10.9 Å². The van der Waals surface area contributed by atoms with Crippen molar-refractivity contribution < 1.29 is 9.94 Å². The van der Waals surface area contributed by atoms with Crippen LogP contribution in [0.25, 0.3) is 0 Å². The number of amidine groups is 1. The van der Waals surface area contributed by atoms with Crippen LogP contribution in [-0.2, 0) is 6.42 Å². The summed E-state index contributed by atoms with van der Waals surface area (Å²) in [6, 6.07) is 9.16. The molecule has 2 heterocycles. The van der Waals surface area contributed by atoms with Gasteiger partial charge in [-0.25, -0.2) is 4.98 Å². The van der Waals surface area contributed by atoms with E-state index in [-0.39, 0.29) is 5.84 Å². The molecule has 0 saturated carbocycles. The average molecular weight is 258 g/mol. The highest BCUT2D eigenvalue weighted by Crippen LogP contribution is 2.15. The molecule has 0 amide bonds. The van der Waals surface area contributed by atoms with Crippen molar-refractivity contribution in [2.75, 3.05) is 6.61 Å². The summed E-state index contributed by atoms with van der Waals surface area (Å²) in [5, 5.41) is 11.6. The van der Waals surface area contributed by atoms with Gasteiger partial charge in [0.2, 0.25) is 0 Å². The minimum absolute atomic E-state index is 0.0755. The zero-order valence-corrected chi connectivity index (χ0v) is 10.2. The molecule has 6 nitrogen and oxygen atoms in total. The van der Waals surface area contributed by atoms with Gasteiger partial charge in [-0.05, 0) is 24.3 Å². The Labute approximate surface area is 110 Å². The standard InChI is InChI=1S/C13H14N4O2/c14-13(17-18)12-11(5-3-8-16-12)19-9-6-10-4-1-2-7-15-10/h1-5,7-8,18H,6,9H2,(H2,14,17). The number of oxime groups is 1. The first-order valence-electron chi connectivity index (χ1n) is 5.77. The Morgan fingerprint density at radius 2 is 2.05 bits per heavy atom. The summed E-state index contributed by atoms with van der Waals surface area (Å²) in [6.45, 7) is 0.439. The van der Waals surface area contributed by atoms with E-state index in [1.807, 2.05) is 18.2 Å². The van der Waals surface area contributed by atoms with Gasteiger partial charge in [0.15, 0.2) is 11.5 Å². The van der Waals surface area contributed by atoms with Crippen molar-refractivity contribution in [3.05, 3.63) is 54.1 Å². The van der Waals surface area contributed by atoms with Crippen molar-refractivity contribution in [3.63, 3.8) is 0 Å². The average Bonchev–Trinajstić information content (AvgIpc) is 2.48. The van der Waals surface area contributed by atoms with Gasteiger partial charge in [-0.3, -0.25) is 4.98 Å². The fourth-order valence-electron chi connectivity index (χ4n) is 1.56. The molecular formula is C13H14N4O2. The molecule has 0 unspecified atom stereocenters. The monoisotopic (exact) mass is 258 g/mol. The van der Waals surface area contributed by atoms with Gasteiger partial charge in [0.25, 0.3) is 0 Å². The summed E-state index contributed by atoms with van der Waals surface area (Å²) in [5.74, 6) is 0.405. The number of aromatic nitrogens is 2. The number of pyridine rings is 2. The minimum Gasteiger partial charge on any atom is -0.491 e. The third-order valence-corrected chi connectivity index (χ3v) is 2.46. The molecule has 98 valence electrons. The summed E-state index contributed by atoms with van der Waals surface area (Å²) < 4.78 is 5.59. The molecule has 0 atom stereocenters. The molecular weight excluding hydrogens is 244 g/mol. The van der Waals surface area contributed by atoms with E-state index in [1.54, 1.807) is 24.5 Å². The van der Waals surface area contributed by atoms with E-state index in [0.717, 1.165) is 5.69 Å². The molecule has 0 fully saturated rings. The first kappa shape index (κ1) is 12.8. The van der Waals surface area contributed by atoms with E-state index in [0.29, 0.717) is 24.5 Å². The molecule has 0 bridgehead atoms. The van der Waals surface area contributed by atoms with Gasteiger partial charge in [0.05, 0.1) is 6.61 Å². The maximum absolute atomic E-state index is 8.67. The SMILES string of the molecule is N/C(=N/O)c1ncccc1OCCc1ccccn1. The van der Waals surface area contributed by atoms with Gasteiger partial charge in [-0.1, -0.05) is 11.2 Å². The second-order valence-corrected chi connectivity index (χ2v) is 3.75. The molecule has 2 aromatic rings. The maximum Gasteiger partial charge on any atom is 0.192 e. The smallest absolute Gasteiger partial charge is 0.192 e. The molecule has 2 aromatic heterocycles. The van der Waals surface area contributed by atoms with E-state index in [2.05, 4.69) is 15.1 Å². The van der Waals surface area contributed by atoms with Crippen molar-refractivity contribution in [2.45, 2.75) is 6.42 Å². The maximum atomic E-state index is 8.67. The van der Waals surface area contributed by atoms with Crippen LogP contribution in [0.4, 0.5) is 0 Å². The zero-order valence-electron chi connectivity index (χ0n) is 10.2. The third-order valence-electron chi connectivity index (χ3n) is 2.46. The number of ether oxygens (including phenoxy) is 1. The van der Waals surface area contributed by atoms with Gasteiger partial charge in [0.1, 0.15) is 5.75 Å². The van der Waals surface area contributed by atoms with Crippen LogP contribution in [-0.4, -0.2) is 27.6 Å². The fourth-order valence-corrected chi connectivity index (χ4v) is 1.56. The number of nitrogens with two attached hydrogens (primary N) is 1. The molecule has 0 aliphatic heterocycles. The summed E-state index contributed by atoms with van der Waals surface area (Å²) in [7, 11) is 0. The van der Waals surface area contributed by atoms with Crippen molar-refractivity contribution in [1.29, 1.82) is 0 Å². The Morgan fingerprint density at radius 1 is 1.21 bits per heavy atom. The summed E-state index contributed by atoms with van der Waals surface area (Å²) in [4.78, 5) is 8.22. The summed E-state index contributed by atoms with van der Waals surface area (Å²) >= 11 is 0.